The van der Waals surface area contributed by atoms with E-state index in [-0.39, 0.29) is 17.9 Å². The van der Waals surface area contributed by atoms with Crippen LogP contribution in [0.4, 0.5) is 0 Å². The van der Waals surface area contributed by atoms with E-state index in [1.807, 2.05) is 11.8 Å². The molecule has 1 aliphatic rings. The number of carbonyl (C=O) groups is 1. The molecule has 88 valence electrons. The van der Waals surface area contributed by atoms with Gasteiger partial charge in [0.15, 0.2) is 0 Å². The summed E-state index contributed by atoms with van der Waals surface area (Å²) in [5.41, 5.74) is 5.93. The van der Waals surface area contributed by atoms with Gasteiger partial charge in [0.25, 0.3) is 0 Å². The first-order chi connectivity index (χ1) is 7.06. The SMILES string of the molecule is CCC(C)[C@H](N)C(=O)N1CCN(C)CC1. The fourth-order valence-electron chi connectivity index (χ4n) is 1.73. The Kier molecular flexibility index (Phi) is 4.54. The molecule has 0 aromatic carbocycles. The second-order valence-corrected chi connectivity index (χ2v) is 4.54. The molecule has 1 fully saturated rings. The highest BCUT2D eigenvalue weighted by Gasteiger charge is 2.26. The van der Waals surface area contributed by atoms with Gasteiger partial charge in [-0.25, -0.2) is 0 Å². The van der Waals surface area contributed by atoms with Crippen LogP contribution in [0.2, 0.25) is 0 Å². The van der Waals surface area contributed by atoms with Crippen LogP contribution in [0.1, 0.15) is 20.3 Å². The molecule has 0 saturated carbocycles. The highest BCUT2D eigenvalue weighted by molar-refractivity contribution is 5.82. The molecule has 2 atom stereocenters. The summed E-state index contributed by atoms with van der Waals surface area (Å²) in [6.07, 6.45) is 0.959. The van der Waals surface area contributed by atoms with Gasteiger partial charge in [0, 0.05) is 26.2 Å². The van der Waals surface area contributed by atoms with Gasteiger partial charge in [-0.1, -0.05) is 20.3 Å². The maximum absolute atomic E-state index is 12.0. The van der Waals surface area contributed by atoms with E-state index < -0.39 is 0 Å². The van der Waals surface area contributed by atoms with Crippen molar-refractivity contribution in [3.8, 4) is 0 Å². The van der Waals surface area contributed by atoms with Crippen molar-refractivity contribution >= 4 is 5.91 Å². The Labute approximate surface area is 92.4 Å². The van der Waals surface area contributed by atoms with Crippen molar-refractivity contribution in [3.05, 3.63) is 0 Å². The molecule has 1 aliphatic heterocycles. The van der Waals surface area contributed by atoms with Crippen molar-refractivity contribution < 1.29 is 4.79 Å². The van der Waals surface area contributed by atoms with Gasteiger partial charge < -0.3 is 15.5 Å². The average Bonchev–Trinajstić information content (AvgIpc) is 2.27. The molecule has 4 heteroatoms. The van der Waals surface area contributed by atoms with Crippen LogP contribution in [-0.4, -0.2) is 55.0 Å². The lowest BCUT2D eigenvalue weighted by Crippen LogP contribution is -2.53. The predicted molar refractivity (Wildman–Crippen MR) is 61.5 cm³/mol. The summed E-state index contributed by atoms with van der Waals surface area (Å²) >= 11 is 0. The molecule has 0 aliphatic carbocycles. The van der Waals surface area contributed by atoms with Crippen molar-refractivity contribution in [2.45, 2.75) is 26.3 Å². The first-order valence-electron chi connectivity index (χ1n) is 5.79. The molecule has 4 nitrogen and oxygen atoms in total. The van der Waals surface area contributed by atoms with Crippen LogP contribution in [0.25, 0.3) is 0 Å². The highest BCUT2D eigenvalue weighted by Crippen LogP contribution is 2.10. The van der Waals surface area contributed by atoms with Crippen molar-refractivity contribution in [2.75, 3.05) is 33.2 Å². The Morgan fingerprint density at radius 3 is 2.33 bits per heavy atom. The summed E-state index contributed by atoms with van der Waals surface area (Å²) in [4.78, 5) is 16.1. The lowest BCUT2D eigenvalue weighted by molar-refractivity contribution is -0.135. The Hall–Kier alpha value is -0.610. The van der Waals surface area contributed by atoms with Crippen molar-refractivity contribution in [3.63, 3.8) is 0 Å². The number of hydrogen-bond acceptors (Lipinski definition) is 3. The Balaban J connectivity index is 2.46. The van der Waals surface area contributed by atoms with Crippen LogP contribution in [-0.2, 0) is 4.79 Å². The summed E-state index contributed by atoms with van der Waals surface area (Å²) < 4.78 is 0. The number of carbonyl (C=O) groups excluding carboxylic acids is 1. The highest BCUT2D eigenvalue weighted by atomic mass is 16.2. The summed E-state index contributed by atoms with van der Waals surface area (Å²) in [5, 5.41) is 0. The lowest BCUT2D eigenvalue weighted by atomic mass is 9.98. The molecule has 2 N–H and O–H groups in total. The Morgan fingerprint density at radius 1 is 1.33 bits per heavy atom. The molecule has 1 heterocycles. The number of nitrogens with zero attached hydrogens (tertiary/aromatic N) is 2. The molecule has 0 bridgehead atoms. The molecule has 0 spiro atoms. The summed E-state index contributed by atoms with van der Waals surface area (Å²) in [7, 11) is 2.08. The van der Waals surface area contributed by atoms with E-state index in [0.717, 1.165) is 32.6 Å². The van der Waals surface area contributed by atoms with E-state index in [4.69, 9.17) is 5.73 Å². The van der Waals surface area contributed by atoms with Crippen LogP contribution >= 0.6 is 0 Å². The molecule has 0 aromatic heterocycles. The fraction of sp³-hybridized carbons (Fsp3) is 0.909. The zero-order chi connectivity index (χ0) is 11.4. The maximum Gasteiger partial charge on any atom is 0.239 e. The second kappa shape index (κ2) is 5.47. The zero-order valence-electron chi connectivity index (χ0n) is 10.1. The van der Waals surface area contributed by atoms with Crippen LogP contribution in [0.5, 0.6) is 0 Å². The van der Waals surface area contributed by atoms with E-state index in [1.165, 1.54) is 0 Å². The number of amides is 1. The first-order valence-corrected chi connectivity index (χ1v) is 5.79. The topological polar surface area (TPSA) is 49.6 Å². The predicted octanol–water partition coefficient (Wildman–Crippen LogP) is 0.134. The number of likely N-dealkylation sites (N-methyl/N-ethyl adjacent to an activating group) is 1. The van der Waals surface area contributed by atoms with Gasteiger partial charge in [-0.15, -0.1) is 0 Å². The van der Waals surface area contributed by atoms with Gasteiger partial charge in [0.05, 0.1) is 6.04 Å². The van der Waals surface area contributed by atoms with Crippen LogP contribution in [0, 0.1) is 5.92 Å². The van der Waals surface area contributed by atoms with Gasteiger partial charge in [-0.3, -0.25) is 4.79 Å². The van der Waals surface area contributed by atoms with Gasteiger partial charge in [-0.05, 0) is 13.0 Å². The van der Waals surface area contributed by atoms with E-state index in [0.29, 0.717) is 0 Å². The second-order valence-electron chi connectivity index (χ2n) is 4.54. The fourth-order valence-corrected chi connectivity index (χ4v) is 1.73. The normalized spacial score (nSPS) is 22.5. The largest absolute Gasteiger partial charge is 0.339 e. The standard InChI is InChI=1S/C11H23N3O/c1-4-9(2)10(12)11(15)14-7-5-13(3)6-8-14/h9-10H,4-8,12H2,1-3H3/t9?,10-/m0/s1. The van der Waals surface area contributed by atoms with E-state index in [1.54, 1.807) is 0 Å². The quantitative estimate of drug-likeness (QED) is 0.725. The smallest absolute Gasteiger partial charge is 0.239 e. The molecule has 0 radical (unpaired) electrons. The Morgan fingerprint density at radius 2 is 1.87 bits per heavy atom. The van der Waals surface area contributed by atoms with E-state index in [9.17, 15) is 4.79 Å². The average molecular weight is 213 g/mol. The number of piperazine rings is 1. The third kappa shape index (κ3) is 3.18. The summed E-state index contributed by atoms with van der Waals surface area (Å²) in [6, 6.07) is -0.321. The Bertz CT molecular complexity index is 212. The van der Waals surface area contributed by atoms with Gasteiger partial charge in [0.2, 0.25) is 5.91 Å². The van der Waals surface area contributed by atoms with Gasteiger partial charge in [0.1, 0.15) is 0 Å². The molecular weight excluding hydrogens is 190 g/mol. The molecule has 1 saturated heterocycles. The molecule has 1 unspecified atom stereocenters. The van der Waals surface area contributed by atoms with Crippen molar-refractivity contribution in [1.29, 1.82) is 0 Å². The minimum atomic E-state index is -0.321. The van der Waals surface area contributed by atoms with Crippen LogP contribution in [0.3, 0.4) is 0 Å². The minimum absolute atomic E-state index is 0.123. The lowest BCUT2D eigenvalue weighted by Gasteiger charge is -2.34. The summed E-state index contributed by atoms with van der Waals surface area (Å²) in [6.45, 7) is 7.66. The molecule has 15 heavy (non-hydrogen) atoms. The zero-order valence-corrected chi connectivity index (χ0v) is 10.1. The molecule has 0 aromatic rings. The number of nitrogens with two attached hydrogens (primary N) is 1. The summed E-state index contributed by atoms with van der Waals surface area (Å²) in [5.74, 6) is 0.398. The van der Waals surface area contributed by atoms with Crippen molar-refractivity contribution in [1.82, 2.24) is 9.80 Å². The van der Waals surface area contributed by atoms with Gasteiger partial charge in [-0.2, -0.15) is 0 Å². The monoisotopic (exact) mass is 213 g/mol. The van der Waals surface area contributed by atoms with Crippen LogP contribution in [0.15, 0.2) is 0 Å². The number of hydrogen-bond donors (Lipinski definition) is 1. The molecule has 1 rings (SSSR count). The number of rotatable bonds is 3. The minimum Gasteiger partial charge on any atom is -0.339 e. The van der Waals surface area contributed by atoms with E-state index >= 15 is 0 Å². The van der Waals surface area contributed by atoms with Crippen LogP contribution < -0.4 is 5.73 Å². The van der Waals surface area contributed by atoms with Gasteiger partial charge >= 0.3 is 0 Å². The van der Waals surface area contributed by atoms with E-state index in [2.05, 4.69) is 18.9 Å². The molecular formula is C11H23N3O. The first kappa shape index (κ1) is 12.5. The molecule has 1 amide bonds. The third-order valence-corrected chi connectivity index (χ3v) is 3.36. The maximum atomic E-state index is 12.0. The van der Waals surface area contributed by atoms with Crippen molar-refractivity contribution in [2.24, 2.45) is 11.7 Å². The third-order valence-electron chi connectivity index (χ3n) is 3.36.